The van der Waals surface area contributed by atoms with E-state index in [4.69, 9.17) is 4.74 Å². The van der Waals surface area contributed by atoms with Gasteiger partial charge in [0.1, 0.15) is 0 Å². The minimum atomic E-state index is -0.556. The molecule has 0 spiro atoms. The molecule has 0 unspecified atom stereocenters. The zero-order valence-corrected chi connectivity index (χ0v) is 19.8. The fourth-order valence-corrected chi connectivity index (χ4v) is 3.95. The van der Waals surface area contributed by atoms with E-state index in [1.165, 1.54) is 57.8 Å². The van der Waals surface area contributed by atoms with Gasteiger partial charge in [0.15, 0.2) is 0 Å². The molecule has 0 N–H and O–H groups in total. The molecule has 0 radical (unpaired) electrons. The summed E-state index contributed by atoms with van der Waals surface area (Å²) in [4.78, 5) is 24.4. The van der Waals surface area contributed by atoms with Crippen LogP contribution >= 0.6 is 0 Å². The zero-order chi connectivity index (χ0) is 22.9. The van der Waals surface area contributed by atoms with Gasteiger partial charge in [0.2, 0.25) is 0 Å². The van der Waals surface area contributed by atoms with Gasteiger partial charge in [-0.15, -0.1) is 0 Å². The maximum absolute atomic E-state index is 12.4. The van der Waals surface area contributed by atoms with Crippen LogP contribution in [0.2, 0.25) is 0 Å². The summed E-state index contributed by atoms with van der Waals surface area (Å²) in [5.74, 6) is -0.986. The van der Waals surface area contributed by atoms with Gasteiger partial charge in [-0.05, 0) is 48.9 Å². The van der Waals surface area contributed by atoms with Crippen molar-refractivity contribution in [3.8, 4) is 0 Å². The Labute approximate surface area is 222 Å². The quantitative estimate of drug-likeness (QED) is 0.0840. The van der Waals surface area contributed by atoms with Gasteiger partial charge in [0.25, 0.3) is 0 Å². The van der Waals surface area contributed by atoms with Gasteiger partial charge < -0.3 is 4.74 Å². The van der Waals surface area contributed by atoms with Crippen LogP contribution in [0.15, 0.2) is 54.6 Å². The van der Waals surface area contributed by atoms with Crippen molar-refractivity contribution < 1.29 is 14.3 Å². The van der Waals surface area contributed by atoms with Gasteiger partial charge in [-0.25, -0.2) is 4.79 Å². The molecule has 0 aliphatic rings. The number of carbonyl (C=O) groups is 2. The predicted octanol–water partition coefficient (Wildman–Crippen LogP) is 7.91. The van der Waals surface area contributed by atoms with Crippen LogP contribution in [-0.2, 0) is 9.53 Å². The second-order valence-electron chi connectivity index (χ2n) is 8.62. The molecule has 0 aliphatic heterocycles. The molecule has 0 heterocycles. The number of fused-ring (bicyclic) bond motifs is 1. The average Bonchev–Trinajstić information content (AvgIpc) is 2.81. The third-order valence-corrected chi connectivity index (χ3v) is 5.86. The van der Waals surface area contributed by atoms with Crippen molar-refractivity contribution in [2.75, 3.05) is 0 Å². The monoisotopic (exact) mass is 460 g/mol. The zero-order valence-electron chi connectivity index (χ0n) is 19.8. The van der Waals surface area contributed by atoms with E-state index in [2.05, 4.69) is 19.1 Å². The molecule has 0 saturated heterocycles. The van der Waals surface area contributed by atoms with Gasteiger partial charge in [-0.1, -0.05) is 107 Å². The molecule has 0 amide bonds. The average molecular weight is 461 g/mol. The van der Waals surface area contributed by atoms with Crippen LogP contribution in [0.25, 0.3) is 10.8 Å². The Balaban J connectivity index is 0.00000544. The number of benzene rings is 2. The summed E-state index contributed by atoms with van der Waals surface area (Å²) in [7, 11) is 0. The number of hydrogen-bond donors (Lipinski definition) is 0. The van der Waals surface area contributed by atoms with Crippen molar-refractivity contribution >= 4 is 52.3 Å². The van der Waals surface area contributed by atoms with Gasteiger partial charge in [0, 0.05) is 6.42 Å². The molecule has 2 aromatic rings. The summed E-state index contributed by atoms with van der Waals surface area (Å²) < 4.78 is 5.08. The third kappa shape index (κ3) is 12.6. The van der Waals surface area contributed by atoms with Crippen molar-refractivity contribution in [2.45, 2.75) is 96.8 Å². The fourth-order valence-electron chi connectivity index (χ4n) is 3.95. The Hall–Kier alpha value is -1.42. The number of esters is 2. The summed E-state index contributed by atoms with van der Waals surface area (Å²) in [5.41, 5.74) is 0.445. The molecule has 4 heteroatoms. The minimum absolute atomic E-state index is 0. The third-order valence-electron chi connectivity index (χ3n) is 5.86. The molecule has 2 rings (SSSR count). The van der Waals surface area contributed by atoms with E-state index in [1.54, 1.807) is 6.07 Å². The van der Waals surface area contributed by atoms with E-state index in [0.29, 0.717) is 12.0 Å². The van der Waals surface area contributed by atoms with E-state index in [0.717, 1.165) is 36.5 Å². The number of allylic oxidation sites excluding steroid dienone is 2. The Bertz CT molecular complexity index is 838. The van der Waals surface area contributed by atoms with Gasteiger partial charge in [-0.2, -0.15) is 0 Å². The summed E-state index contributed by atoms with van der Waals surface area (Å²) >= 11 is 0. The van der Waals surface area contributed by atoms with Crippen LogP contribution in [0.1, 0.15) is 107 Å². The summed E-state index contributed by atoms with van der Waals surface area (Å²) in [6.07, 6.45) is 20.7. The van der Waals surface area contributed by atoms with Crippen molar-refractivity contribution in [1.82, 2.24) is 0 Å². The summed E-state index contributed by atoms with van der Waals surface area (Å²) in [6, 6.07) is 13.1. The second kappa shape index (κ2) is 18.9. The Morgan fingerprint density at radius 3 is 2.00 bits per heavy atom. The topological polar surface area (TPSA) is 43.4 Å². The van der Waals surface area contributed by atoms with Crippen LogP contribution < -0.4 is 0 Å². The molecule has 3 nitrogen and oxygen atoms in total. The van der Waals surface area contributed by atoms with E-state index in [9.17, 15) is 9.59 Å². The Morgan fingerprint density at radius 1 is 0.727 bits per heavy atom. The molecular formula is C29H41NaO3. The fraction of sp³-hybridized carbons (Fsp3) is 0.517. The van der Waals surface area contributed by atoms with Gasteiger partial charge in [-0.3, -0.25) is 4.79 Å². The van der Waals surface area contributed by atoms with E-state index < -0.39 is 11.9 Å². The van der Waals surface area contributed by atoms with Crippen LogP contribution in [0.4, 0.5) is 0 Å². The summed E-state index contributed by atoms with van der Waals surface area (Å²) in [5, 5.41) is 1.78. The first kappa shape index (κ1) is 29.6. The van der Waals surface area contributed by atoms with Crippen LogP contribution in [-0.4, -0.2) is 41.5 Å². The second-order valence-corrected chi connectivity index (χ2v) is 8.62. The number of hydrogen-bond acceptors (Lipinski definition) is 3. The molecule has 176 valence electrons. The molecule has 0 aromatic heterocycles. The molecule has 0 atom stereocenters. The Kier molecular flexibility index (Phi) is 17.0. The molecule has 0 fully saturated rings. The number of ether oxygens (including phenoxy) is 1. The van der Waals surface area contributed by atoms with E-state index in [1.807, 2.05) is 36.4 Å². The molecule has 33 heavy (non-hydrogen) atoms. The first-order chi connectivity index (χ1) is 15.7. The molecule has 0 aliphatic carbocycles. The first-order valence-electron chi connectivity index (χ1n) is 12.6. The molecule has 0 saturated carbocycles. The van der Waals surface area contributed by atoms with Crippen molar-refractivity contribution in [2.24, 2.45) is 0 Å². The summed E-state index contributed by atoms with van der Waals surface area (Å²) in [6.45, 7) is 2.26. The van der Waals surface area contributed by atoms with E-state index >= 15 is 0 Å². The number of carbonyl (C=O) groups excluding carboxylic acids is 2. The molecular weight excluding hydrogens is 419 g/mol. The van der Waals surface area contributed by atoms with Crippen LogP contribution in [0.3, 0.4) is 0 Å². The van der Waals surface area contributed by atoms with Gasteiger partial charge in [0.05, 0.1) is 5.56 Å². The number of unbranched alkanes of at least 4 members (excludes halogenated alkanes) is 11. The SMILES string of the molecule is CCCCCCCC/C=C\CCCCCCCC(=O)OC(=O)c1cccc2ccccc12.[NaH]. The Morgan fingerprint density at radius 2 is 1.30 bits per heavy atom. The molecule has 2 aromatic carbocycles. The van der Waals surface area contributed by atoms with Crippen molar-refractivity contribution in [3.63, 3.8) is 0 Å². The predicted molar refractivity (Wildman–Crippen MR) is 141 cm³/mol. The van der Waals surface area contributed by atoms with Crippen LogP contribution in [0.5, 0.6) is 0 Å². The van der Waals surface area contributed by atoms with Gasteiger partial charge >= 0.3 is 41.5 Å². The normalized spacial score (nSPS) is 10.9. The van der Waals surface area contributed by atoms with Crippen LogP contribution in [0, 0.1) is 0 Å². The molecule has 0 bridgehead atoms. The van der Waals surface area contributed by atoms with Crippen molar-refractivity contribution in [1.29, 1.82) is 0 Å². The first-order valence-corrected chi connectivity index (χ1v) is 12.6. The van der Waals surface area contributed by atoms with Crippen molar-refractivity contribution in [3.05, 3.63) is 60.2 Å². The standard InChI is InChI=1S/C29H40O3.Na.H/c1-2-3-4-5-6-7-8-9-10-11-12-13-14-15-16-24-28(30)32-29(31)27-23-19-21-25-20-17-18-22-26(25)27;;/h9-10,17-23H,2-8,11-16,24H2,1H3;;/b10-9-;;. The maximum atomic E-state index is 12.4. The van der Waals surface area contributed by atoms with E-state index in [-0.39, 0.29) is 29.6 Å². The number of rotatable bonds is 16.